The fourth-order valence-corrected chi connectivity index (χ4v) is 2.76. The minimum Gasteiger partial charge on any atom is -0.339 e. The predicted octanol–water partition coefficient (Wildman–Crippen LogP) is 0.811. The number of rotatable bonds is 1. The highest BCUT2D eigenvalue weighted by atomic mass is 16.2. The van der Waals surface area contributed by atoms with Crippen molar-refractivity contribution in [3.8, 4) is 0 Å². The van der Waals surface area contributed by atoms with Crippen molar-refractivity contribution in [2.45, 2.75) is 31.7 Å². The summed E-state index contributed by atoms with van der Waals surface area (Å²) in [5.41, 5.74) is 0. The molecule has 79 valence electrons. The fraction of sp³-hybridized carbons (Fsp3) is 0.818. The molecule has 2 heterocycles. The lowest BCUT2D eigenvalue weighted by molar-refractivity contribution is -0.131. The third-order valence-electron chi connectivity index (χ3n) is 3.51. The number of amides is 1. The zero-order valence-corrected chi connectivity index (χ0v) is 8.67. The van der Waals surface area contributed by atoms with Crippen molar-refractivity contribution in [3.05, 3.63) is 6.92 Å². The highest BCUT2D eigenvalue weighted by Gasteiger charge is 2.32. The van der Waals surface area contributed by atoms with Gasteiger partial charge in [0.25, 0.3) is 0 Å². The van der Waals surface area contributed by atoms with Crippen LogP contribution in [0, 0.1) is 12.8 Å². The van der Waals surface area contributed by atoms with Crippen LogP contribution in [0.4, 0.5) is 0 Å². The standard InChI is InChI=1S/C11H19N2O/c1-9(14)13-7-3-2-4-11(13)10-5-6-12-8-10/h10-12H,1-8H2. The quantitative estimate of drug-likeness (QED) is 0.671. The molecule has 2 aliphatic heterocycles. The second-order valence-corrected chi connectivity index (χ2v) is 4.40. The first-order valence-electron chi connectivity index (χ1n) is 5.62. The number of likely N-dealkylation sites (tertiary alicyclic amines) is 1. The monoisotopic (exact) mass is 195 g/mol. The number of carbonyl (C=O) groups excluding carboxylic acids is 1. The molecule has 0 spiro atoms. The van der Waals surface area contributed by atoms with Crippen molar-refractivity contribution in [1.82, 2.24) is 10.2 Å². The van der Waals surface area contributed by atoms with E-state index >= 15 is 0 Å². The smallest absolute Gasteiger partial charge is 0.223 e. The average Bonchev–Trinajstić information content (AvgIpc) is 2.70. The van der Waals surface area contributed by atoms with Gasteiger partial charge in [-0.3, -0.25) is 4.79 Å². The summed E-state index contributed by atoms with van der Waals surface area (Å²) in [4.78, 5) is 13.3. The van der Waals surface area contributed by atoms with Crippen LogP contribution in [0.2, 0.25) is 0 Å². The van der Waals surface area contributed by atoms with Crippen molar-refractivity contribution in [1.29, 1.82) is 0 Å². The van der Waals surface area contributed by atoms with Gasteiger partial charge in [0.05, 0.1) is 0 Å². The Morgan fingerprint density at radius 1 is 1.36 bits per heavy atom. The molecule has 2 saturated heterocycles. The molecule has 2 unspecified atom stereocenters. The molecule has 1 N–H and O–H groups in total. The van der Waals surface area contributed by atoms with Crippen molar-refractivity contribution in [2.75, 3.05) is 19.6 Å². The van der Waals surface area contributed by atoms with E-state index in [1.807, 2.05) is 4.90 Å². The number of hydrogen-bond donors (Lipinski definition) is 1. The SMILES string of the molecule is [CH2]C(=O)N1CCCCC1C1CCNC1. The minimum atomic E-state index is 0.0154. The molecule has 1 amide bonds. The first-order chi connectivity index (χ1) is 6.79. The summed E-state index contributed by atoms with van der Waals surface area (Å²) >= 11 is 0. The van der Waals surface area contributed by atoms with Crippen molar-refractivity contribution >= 4 is 5.91 Å². The predicted molar refractivity (Wildman–Crippen MR) is 55.7 cm³/mol. The van der Waals surface area contributed by atoms with E-state index in [1.165, 1.54) is 19.3 Å². The van der Waals surface area contributed by atoms with E-state index in [1.54, 1.807) is 0 Å². The maximum Gasteiger partial charge on any atom is 0.223 e. The van der Waals surface area contributed by atoms with Crippen LogP contribution in [-0.2, 0) is 4.79 Å². The summed E-state index contributed by atoms with van der Waals surface area (Å²) in [6.45, 7) is 6.66. The molecule has 0 aromatic rings. The zero-order chi connectivity index (χ0) is 9.97. The molecule has 0 bridgehead atoms. The Balaban J connectivity index is 2.01. The van der Waals surface area contributed by atoms with E-state index in [2.05, 4.69) is 12.2 Å². The molecule has 2 rings (SSSR count). The van der Waals surface area contributed by atoms with Crippen molar-refractivity contribution in [3.63, 3.8) is 0 Å². The van der Waals surface area contributed by atoms with Gasteiger partial charge in [0.2, 0.25) is 5.91 Å². The van der Waals surface area contributed by atoms with E-state index in [0.29, 0.717) is 12.0 Å². The van der Waals surface area contributed by atoms with Crippen LogP contribution < -0.4 is 5.32 Å². The topological polar surface area (TPSA) is 32.3 Å². The van der Waals surface area contributed by atoms with Crippen molar-refractivity contribution in [2.24, 2.45) is 5.92 Å². The Morgan fingerprint density at radius 2 is 2.21 bits per heavy atom. The Hall–Kier alpha value is -0.570. The molecule has 2 aliphatic rings. The first kappa shape index (κ1) is 9.97. The van der Waals surface area contributed by atoms with Crippen LogP contribution in [-0.4, -0.2) is 36.5 Å². The Morgan fingerprint density at radius 3 is 2.86 bits per heavy atom. The van der Waals surface area contributed by atoms with Crippen LogP contribution >= 0.6 is 0 Å². The molecule has 0 saturated carbocycles. The summed E-state index contributed by atoms with van der Waals surface area (Å²) in [7, 11) is 0. The lowest BCUT2D eigenvalue weighted by atomic mass is 9.89. The minimum absolute atomic E-state index is 0.0154. The largest absolute Gasteiger partial charge is 0.339 e. The van der Waals surface area contributed by atoms with E-state index in [9.17, 15) is 4.79 Å². The maximum absolute atomic E-state index is 11.4. The van der Waals surface area contributed by atoms with Gasteiger partial charge in [0.15, 0.2) is 0 Å². The molecule has 0 aromatic carbocycles. The van der Waals surface area contributed by atoms with Gasteiger partial charge in [-0.1, -0.05) is 0 Å². The molecule has 1 radical (unpaired) electrons. The summed E-state index contributed by atoms with van der Waals surface area (Å²) in [6.07, 6.45) is 4.81. The van der Waals surface area contributed by atoms with Gasteiger partial charge in [0, 0.05) is 19.5 Å². The lowest BCUT2D eigenvalue weighted by Crippen LogP contribution is -2.47. The Kier molecular flexibility index (Phi) is 3.06. The number of hydrogen-bond acceptors (Lipinski definition) is 2. The molecule has 2 atom stereocenters. The Bertz CT molecular complexity index is 211. The van der Waals surface area contributed by atoms with Gasteiger partial charge in [0.1, 0.15) is 0 Å². The van der Waals surface area contributed by atoms with E-state index in [0.717, 1.165) is 26.1 Å². The first-order valence-corrected chi connectivity index (χ1v) is 5.62. The van der Waals surface area contributed by atoms with Crippen LogP contribution in [0.15, 0.2) is 0 Å². The molecule has 3 heteroatoms. The number of carbonyl (C=O) groups is 1. The van der Waals surface area contributed by atoms with Crippen LogP contribution in [0.5, 0.6) is 0 Å². The van der Waals surface area contributed by atoms with Gasteiger partial charge in [-0.15, -0.1) is 0 Å². The third kappa shape index (κ3) is 1.92. The number of piperidine rings is 1. The Labute approximate surface area is 85.8 Å². The van der Waals surface area contributed by atoms with Gasteiger partial charge in [-0.2, -0.15) is 0 Å². The number of nitrogens with one attached hydrogen (secondary N) is 1. The fourth-order valence-electron chi connectivity index (χ4n) is 2.76. The molecule has 0 aromatic heterocycles. The van der Waals surface area contributed by atoms with Crippen LogP contribution in [0.25, 0.3) is 0 Å². The highest BCUT2D eigenvalue weighted by molar-refractivity contribution is 5.80. The maximum atomic E-state index is 11.4. The zero-order valence-electron chi connectivity index (χ0n) is 8.67. The molecule has 2 fully saturated rings. The number of nitrogens with zero attached hydrogens (tertiary/aromatic N) is 1. The van der Waals surface area contributed by atoms with Crippen molar-refractivity contribution < 1.29 is 4.79 Å². The second kappa shape index (κ2) is 4.30. The molecule has 14 heavy (non-hydrogen) atoms. The normalized spacial score (nSPS) is 33.4. The van der Waals surface area contributed by atoms with E-state index in [4.69, 9.17) is 0 Å². The van der Waals surface area contributed by atoms with Crippen LogP contribution in [0.1, 0.15) is 25.7 Å². The van der Waals surface area contributed by atoms with E-state index in [-0.39, 0.29) is 5.91 Å². The average molecular weight is 195 g/mol. The molecule has 3 nitrogen and oxygen atoms in total. The van der Waals surface area contributed by atoms with E-state index < -0.39 is 0 Å². The molecular formula is C11H19N2O. The van der Waals surface area contributed by atoms with Gasteiger partial charge in [-0.25, -0.2) is 0 Å². The summed E-state index contributed by atoms with van der Waals surface area (Å²) in [6, 6.07) is 0.462. The summed E-state index contributed by atoms with van der Waals surface area (Å²) in [5.74, 6) is 0.683. The third-order valence-corrected chi connectivity index (χ3v) is 3.51. The van der Waals surface area contributed by atoms with Gasteiger partial charge in [-0.05, 0) is 44.7 Å². The molecule has 0 aliphatic carbocycles. The van der Waals surface area contributed by atoms with Gasteiger partial charge >= 0.3 is 0 Å². The lowest BCUT2D eigenvalue weighted by Gasteiger charge is -2.38. The van der Waals surface area contributed by atoms with Gasteiger partial charge < -0.3 is 10.2 Å². The second-order valence-electron chi connectivity index (χ2n) is 4.40. The molecular weight excluding hydrogens is 176 g/mol. The summed E-state index contributed by atoms with van der Waals surface area (Å²) in [5, 5.41) is 3.37. The highest BCUT2D eigenvalue weighted by Crippen LogP contribution is 2.26. The summed E-state index contributed by atoms with van der Waals surface area (Å²) < 4.78 is 0. The van der Waals surface area contributed by atoms with Crippen LogP contribution in [0.3, 0.4) is 0 Å².